The van der Waals surface area contributed by atoms with Crippen LogP contribution in [0.3, 0.4) is 0 Å². The lowest BCUT2D eigenvalue weighted by Gasteiger charge is -2.01. The van der Waals surface area contributed by atoms with Crippen LogP contribution in [0.4, 0.5) is 4.39 Å². The summed E-state index contributed by atoms with van der Waals surface area (Å²) in [5.41, 5.74) is 2.40. The number of carbonyl (C=O) groups excluding carboxylic acids is 1. The van der Waals surface area contributed by atoms with Crippen molar-refractivity contribution in [3.63, 3.8) is 0 Å². The fraction of sp³-hybridized carbons (Fsp3) is 0.200. The Kier molecular flexibility index (Phi) is 10.1. The lowest BCUT2D eigenvalue weighted by Crippen LogP contribution is -2.20. The zero-order valence-corrected chi connectivity index (χ0v) is 17.0. The first-order chi connectivity index (χ1) is 12.9. The van der Waals surface area contributed by atoms with Crippen LogP contribution in [0, 0.1) is 5.82 Å². The van der Waals surface area contributed by atoms with E-state index >= 15 is 0 Å². The monoisotopic (exact) mass is 406 g/mol. The van der Waals surface area contributed by atoms with Crippen molar-refractivity contribution in [3.8, 4) is 10.6 Å². The van der Waals surface area contributed by atoms with Gasteiger partial charge in [0.15, 0.2) is 0 Å². The topological polar surface area (TPSA) is 59.1 Å². The van der Waals surface area contributed by atoms with Gasteiger partial charge in [0.1, 0.15) is 10.8 Å². The van der Waals surface area contributed by atoms with Gasteiger partial charge in [0, 0.05) is 40.1 Å². The van der Waals surface area contributed by atoms with Gasteiger partial charge in [-0.3, -0.25) is 9.00 Å². The van der Waals surface area contributed by atoms with Gasteiger partial charge in [-0.25, -0.2) is 9.37 Å². The number of hydrogen-bond acceptors (Lipinski definition) is 4. The van der Waals surface area contributed by atoms with E-state index in [4.69, 9.17) is 0 Å². The number of thiazole rings is 1. The van der Waals surface area contributed by atoms with E-state index < -0.39 is 10.8 Å². The molecule has 0 fully saturated rings. The van der Waals surface area contributed by atoms with Gasteiger partial charge < -0.3 is 5.32 Å². The summed E-state index contributed by atoms with van der Waals surface area (Å²) in [6.45, 7) is 8.84. The number of hydrogen-bond donors (Lipinski definition) is 1. The second-order valence-electron chi connectivity index (χ2n) is 5.33. The molecule has 0 saturated heterocycles. The Bertz CT molecular complexity index is 827. The third-order valence-corrected chi connectivity index (χ3v) is 4.76. The largest absolute Gasteiger partial charge is 0.326 e. The van der Waals surface area contributed by atoms with Gasteiger partial charge in [-0.15, -0.1) is 11.3 Å². The van der Waals surface area contributed by atoms with Gasteiger partial charge >= 0.3 is 0 Å². The molecule has 0 aliphatic rings. The van der Waals surface area contributed by atoms with E-state index in [1.54, 1.807) is 43.5 Å². The molecule has 1 aromatic heterocycles. The smallest absolute Gasteiger partial charge is 0.224 e. The summed E-state index contributed by atoms with van der Waals surface area (Å²) >= 11 is 1.48. The van der Waals surface area contributed by atoms with Gasteiger partial charge in [-0.05, 0) is 36.4 Å². The van der Waals surface area contributed by atoms with E-state index in [-0.39, 0.29) is 11.7 Å². The van der Waals surface area contributed by atoms with Gasteiger partial charge in [0.05, 0.1) is 11.4 Å². The average molecular weight is 407 g/mol. The molecular formula is C20H23FN2O2S2. The van der Waals surface area contributed by atoms with Crippen LogP contribution in [0.1, 0.15) is 19.0 Å². The molecule has 0 aliphatic heterocycles. The predicted octanol–water partition coefficient (Wildman–Crippen LogP) is 4.60. The van der Waals surface area contributed by atoms with Crippen molar-refractivity contribution >= 4 is 28.0 Å². The molecule has 2 rings (SSSR count). The number of aromatic nitrogens is 1. The Morgan fingerprint density at radius 2 is 2.00 bits per heavy atom. The number of rotatable bonds is 7. The van der Waals surface area contributed by atoms with E-state index in [2.05, 4.69) is 23.5 Å². The van der Waals surface area contributed by atoms with Gasteiger partial charge in [0.25, 0.3) is 0 Å². The highest BCUT2D eigenvalue weighted by Gasteiger charge is 2.05. The third-order valence-electron chi connectivity index (χ3n) is 3.12. The van der Waals surface area contributed by atoms with E-state index in [1.165, 1.54) is 23.5 Å². The minimum absolute atomic E-state index is 0.0157. The molecule has 0 aliphatic carbocycles. The number of carbonyl (C=O) groups is 1. The normalized spacial score (nSPS) is 11.7. The van der Waals surface area contributed by atoms with Gasteiger partial charge in [0.2, 0.25) is 5.91 Å². The molecule has 1 heterocycles. The molecule has 0 saturated carbocycles. The molecule has 4 nitrogen and oxygen atoms in total. The third kappa shape index (κ3) is 8.70. The maximum Gasteiger partial charge on any atom is 0.224 e. The van der Waals surface area contributed by atoms with Crippen LogP contribution in [0.2, 0.25) is 0 Å². The molecule has 1 atom stereocenters. The first-order valence-corrected chi connectivity index (χ1v) is 10.8. The number of nitrogens with one attached hydrogen (secondary N) is 1. The molecule has 144 valence electrons. The predicted molar refractivity (Wildman–Crippen MR) is 112 cm³/mol. The molecule has 1 N–H and O–H groups in total. The summed E-state index contributed by atoms with van der Waals surface area (Å²) < 4.78 is 23.8. The standard InChI is InChI=1S/C11H10FNOS2.C9H13NO/c1-16(14)7-10-6-15-11(13-10)8-2-4-9(12)5-3-8;1-4-7-8(5-2)10-9(11)6-3/h2-6H,7H2,1H3;4-5,7H,1-2,6H2,3H3,(H,10,11)/b;8-7+/t16-;/m0./s1. The van der Waals surface area contributed by atoms with Crippen LogP contribution in [0.15, 0.2) is 66.7 Å². The molecule has 1 aromatic carbocycles. The summed E-state index contributed by atoms with van der Waals surface area (Å²) in [5, 5.41) is 5.37. The lowest BCUT2D eigenvalue weighted by molar-refractivity contribution is -0.120. The summed E-state index contributed by atoms with van der Waals surface area (Å²) in [5.74, 6) is 0.200. The molecule has 1 amide bonds. The minimum atomic E-state index is -0.879. The van der Waals surface area contributed by atoms with Crippen LogP contribution in [-0.2, 0) is 21.3 Å². The average Bonchev–Trinajstić information content (AvgIpc) is 3.10. The molecule has 0 unspecified atom stereocenters. The number of amides is 1. The molecule has 7 heteroatoms. The highest BCUT2D eigenvalue weighted by molar-refractivity contribution is 7.83. The second kappa shape index (κ2) is 12.1. The summed E-state index contributed by atoms with van der Waals surface area (Å²) in [6, 6.07) is 6.21. The van der Waals surface area contributed by atoms with Crippen LogP contribution < -0.4 is 5.32 Å². The molecule has 2 aromatic rings. The SMILES string of the molecule is C=C/C=C(\C=C)NC(=O)CC.C[S@](=O)Cc1csc(-c2ccc(F)cc2)n1. The Morgan fingerprint density at radius 1 is 1.33 bits per heavy atom. The van der Waals surface area contributed by atoms with Crippen molar-refractivity contribution in [2.75, 3.05) is 6.26 Å². The highest BCUT2D eigenvalue weighted by atomic mass is 32.2. The van der Waals surface area contributed by atoms with E-state index in [0.29, 0.717) is 17.9 Å². The second-order valence-corrected chi connectivity index (χ2v) is 7.63. The van der Waals surface area contributed by atoms with Gasteiger partial charge in [-0.2, -0.15) is 0 Å². The fourth-order valence-corrected chi connectivity index (χ4v) is 3.34. The van der Waals surface area contributed by atoms with Crippen molar-refractivity contribution in [2.45, 2.75) is 19.1 Å². The van der Waals surface area contributed by atoms with E-state index in [0.717, 1.165) is 16.3 Å². The minimum Gasteiger partial charge on any atom is -0.326 e. The molecule has 0 radical (unpaired) electrons. The van der Waals surface area contributed by atoms with Crippen LogP contribution in [0.25, 0.3) is 10.6 Å². The van der Waals surface area contributed by atoms with E-state index in [9.17, 15) is 13.4 Å². The lowest BCUT2D eigenvalue weighted by atomic mass is 10.2. The number of nitrogens with zero attached hydrogens (tertiary/aromatic N) is 1. The van der Waals surface area contributed by atoms with Crippen molar-refractivity contribution < 1.29 is 13.4 Å². The fourth-order valence-electron chi connectivity index (χ4n) is 1.84. The summed E-state index contributed by atoms with van der Waals surface area (Å²) in [6.07, 6.45) is 7.00. The molecule has 27 heavy (non-hydrogen) atoms. The van der Waals surface area contributed by atoms with Crippen LogP contribution in [0.5, 0.6) is 0 Å². The number of benzene rings is 1. The van der Waals surface area contributed by atoms with Crippen molar-refractivity contribution in [2.24, 2.45) is 0 Å². The maximum absolute atomic E-state index is 12.7. The Hall–Kier alpha value is -2.38. The number of halogens is 1. The Balaban J connectivity index is 0.000000293. The molecule has 0 spiro atoms. The Morgan fingerprint density at radius 3 is 2.52 bits per heavy atom. The van der Waals surface area contributed by atoms with Crippen molar-refractivity contribution in [3.05, 3.63) is 78.2 Å². The van der Waals surface area contributed by atoms with Crippen LogP contribution >= 0.6 is 11.3 Å². The molecule has 0 bridgehead atoms. The Labute approximate surface area is 166 Å². The first kappa shape index (κ1) is 22.7. The van der Waals surface area contributed by atoms with Gasteiger partial charge in [-0.1, -0.05) is 26.2 Å². The zero-order valence-electron chi connectivity index (χ0n) is 15.4. The van der Waals surface area contributed by atoms with Crippen molar-refractivity contribution in [1.82, 2.24) is 10.3 Å². The summed E-state index contributed by atoms with van der Waals surface area (Å²) in [7, 11) is -0.879. The molecular weight excluding hydrogens is 383 g/mol. The summed E-state index contributed by atoms with van der Waals surface area (Å²) in [4.78, 5) is 15.2. The van der Waals surface area contributed by atoms with Crippen LogP contribution in [-0.4, -0.2) is 21.4 Å². The highest BCUT2D eigenvalue weighted by Crippen LogP contribution is 2.24. The number of allylic oxidation sites excluding steroid dienone is 3. The maximum atomic E-state index is 12.7. The zero-order chi connectivity index (χ0) is 20.2. The quantitative estimate of drug-likeness (QED) is 0.684. The van der Waals surface area contributed by atoms with Crippen molar-refractivity contribution in [1.29, 1.82) is 0 Å². The first-order valence-electron chi connectivity index (χ1n) is 8.15. The van der Waals surface area contributed by atoms with E-state index in [1.807, 2.05) is 5.38 Å².